The molecule has 0 radical (unpaired) electrons. The summed E-state index contributed by atoms with van der Waals surface area (Å²) in [6.45, 7) is 4.14. The first-order valence-corrected chi connectivity index (χ1v) is 10.8. The van der Waals surface area contributed by atoms with Gasteiger partial charge in [0.25, 0.3) is 5.91 Å². The van der Waals surface area contributed by atoms with E-state index in [1.165, 1.54) is 6.08 Å². The standard InChI is InChI=1S/C25H19Cl3N2O2/c1-15-4-3-5-17(8-15)14-32-24-21(27)10-18(11-22(24)28)9-19(13-29)25(31)30-23-12-20(26)7-6-16(23)2/h3-12H,14H2,1-2H3,(H,30,31)/b19-9+. The van der Waals surface area contributed by atoms with Crippen LogP contribution in [0.3, 0.4) is 0 Å². The molecule has 3 aromatic rings. The molecule has 3 rings (SSSR count). The summed E-state index contributed by atoms with van der Waals surface area (Å²) < 4.78 is 5.80. The molecule has 1 amide bonds. The van der Waals surface area contributed by atoms with Gasteiger partial charge in [0.05, 0.1) is 10.0 Å². The summed E-state index contributed by atoms with van der Waals surface area (Å²) in [5.41, 5.74) is 3.85. The normalized spacial score (nSPS) is 11.1. The van der Waals surface area contributed by atoms with Crippen LogP contribution in [0.4, 0.5) is 5.69 Å². The number of benzene rings is 3. The molecule has 32 heavy (non-hydrogen) atoms. The van der Waals surface area contributed by atoms with Gasteiger partial charge in [-0.3, -0.25) is 4.79 Å². The Hall–Kier alpha value is -2.97. The molecule has 0 atom stereocenters. The number of carbonyl (C=O) groups excluding carboxylic acids is 1. The lowest BCUT2D eigenvalue weighted by atomic mass is 10.1. The number of nitriles is 1. The van der Waals surface area contributed by atoms with E-state index in [4.69, 9.17) is 39.5 Å². The van der Waals surface area contributed by atoms with Crippen LogP contribution in [0.2, 0.25) is 15.1 Å². The van der Waals surface area contributed by atoms with Gasteiger partial charge in [0.2, 0.25) is 0 Å². The number of anilines is 1. The van der Waals surface area contributed by atoms with Crippen molar-refractivity contribution in [3.8, 4) is 11.8 Å². The second-order valence-corrected chi connectivity index (χ2v) is 8.43. The first-order chi connectivity index (χ1) is 15.3. The van der Waals surface area contributed by atoms with Crippen molar-refractivity contribution in [3.63, 3.8) is 0 Å². The van der Waals surface area contributed by atoms with Gasteiger partial charge in [-0.1, -0.05) is 70.7 Å². The van der Waals surface area contributed by atoms with Crippen LogP contribution in [-0.4, -0.2) is 5.91 Å². The second-order valence-electron chi connectivity index (χ2n) is 7.17. The quantitative estimate of drug-likeness (QED) is 0.292. The molecule has 0 aromatic heterocycles. The zero-order chi connectivity index (χ0) is 23.3. The highest BCUT2D eigenvalue weighted by Gasteiger charge is 2.14. The molecule has 0 aliphatic carbocycles. The minimum Gasteiger partial charge on any atom is -0.486 e. The number of carbonyl (C=O) groups is 1. The number of ether oxygens (including phenoxy) is 1. The fourth-order valence-corrected chi connectivity index (χ4v) is 3.78. The number of rotatable bonds is 6. The van der Waals surface area contributed by atoms with Crippen LogP contribution < -0.4 is 10.1 Å². The number of nitrogens with one attached hydrogen (secondary N) is 1. The molecule has 4 nitrogen and oxygen atoms in total. The lowest BCUT2D eigenvalue weighted by Crippen LogP contribution is -2.14. The zero-order valence-electron chi connectivity index (χ0n) is 17.4. The molecule has 0 fully saturated rings. The van der Waals surface area contributed by atoms with Crippen LogP contribution in [0.1, 0.15) is 22.3 Å². The average molecular weight is 486 g/mol. The summed E-state index contributed by atoms with van der Waals surface area (Å²) in [7, 11) is 0. The maximum absolute atomic E-state index is 12.6. The monoisotopic (exact) mass is 484 g/mol. The molecule has 3 aromatic carbocycles. The minimum absolute atomic E-state index is 0.107. The Bertz CT molecular complexity index is 1220. The highest BCUT2D eigenvalue weighted by molar-refractivity contribution is 6.37. The van der Waals surface area contributed by atoms with Crippen molar-refractivity contribution in [1.82, 2.24) is 0 Å². The van der Waals surface area contributed by atoms with E-state index in [2.05, 4.69) is 5.32 Å². The Morgan fingerprint density at radius 2 is 1.78 bits per heavy atom. The topological polar surface area (TPSA) is 62.1 Å². The Kier molecular flexibility index (Phi) is 7.82. The van der Waals surface area contributed by atoms with Crippen LogP contribution in [-0.2, 0) is 11.4 Å². The molecule has 7 heteroatoms. The van der Waals surface area contributed by atoms with Gasteiger partial charge in [-0.2, -0.15) is 5.26 Å². The summed E-state index contributed by atoms with van der Waals surface area (Å²) in [4.78, 5) is 12.6. The van der Waals surface area contributed by atoms with Crippen molar-refractivity contribution >= 4 is 52.5 Å². The zero-order valence-corrected chi connectivity index (χ0v) is 19.6. The van der Waals surface area contributed by atoms with Crippen molar-refractivity contribution in [2.45, 2.75) is 20.5 Å². The molecular formula is C25H19Cl3N2O2. The van der Waals surface area contributed by atoms with Crippen LogP contribution in [0, 0.1) is 25.2 Å². The van der Waals surface area contributed by atoms with Gasteiger partial charge >= 0.3 is 0 Å². The van der Waals surface area contributed by atoms with E-state index >= 15 is 0 Å². The molecule has 162 valence electrons. The smallest absolute Gasteiger partial charge is 0.266 e. The maximum atomic E-state index is 12.6. The van der Waals surface area contributed by atoms with E-state index in [-0.39, 0.29) is 15.6 Å². The molecule has 0 aliphatic heterocycles. The van der Waals surface area contributed by atoms with Gasteiger partial charge in [0.1, 0.15) is 18.2 Å². The molecule has 0 saturated heterocycles. The largest absolute Gasteiger partial charge is 0.486 e. The molecule has 1 N–H and O–H groups in total. The van der Waals surface area contributed by atoms with E-state index < -0.39 is 5.91 Å². The molecule has 0 bridgehead atoms. The Morgan fingerprint density at radius 1 is 1.06 bits per heavy atom. The summed E-state index contributed by atoms with van der Waals surface area (Å²) in [5, 5.41) is 13.2. The van der Waals surface area contributed by atoms with Gasteiger partial charge in [-0.15, -0.1) is 0 Å². The third kappa shape index (κ3) is 6.05. The Morgan fingerprint density at radius 3 is 2.44 bits per heavy atom. The van der Waals surface area contributed by atoms with Crippen LogP contribution in [0.25, 0.3) is 6.08 Å². The number of halogens is 3. The molecule has 0 heterocycles. The van der Waals surface area contributed by atoms with Crippen molar-refractivity contribution in [2.24, 2.45) is 0 Å². The van der Waals surface area contributed by atoms with Gasteiger partial charge in [0, 0.05) is 10.7 Å². The van der Waals surface area contributed by atoms with E-state index in [0.717, 1.165) is 16.7 Å². The van der Waals surface area contributed by atoms with Crippen molar-refractivity contribution in [1.29, 1.82) is 5.26 Å². The van der Waals surface area contributed by atoms with E-state index in [0.29, 0.717) is 28.6 Å². The minimum atomic E-state index is -0.565. The highest BCUT2D eigenvalue weighted by atomic mass is 35.5. The molecule has 0 spiro atoms. The predicted molar refractivity (Wildman–Crippen MR) is 130 cm³/mol. The summed E-state index contributed by atoms with van der Waals surface area (Å²) in [6, 6.07) is 18.1. The summed E-state index contributed by atoms with van der Waals surface area (Å²) in [5.74, 6) is -0.227. The van der Waals surface area contributed by atoms with Crippen LogP contribution >= 0.6 is 34.8 Å². The van der Waals surface area contributed by atoms with Crippen molar-refractivity contribution in [2.75, 3.05) is 5.32 Å². The first kappa shape index (κ1) is 23.7. The average Bonchev–Trinajstić information content (AvgIpc) is 2.74. The summed E-state index contributed by atoms with van der Waals surface area (Å²) >= 11 is 18.7. The lowest BCUT2D eigenvalue weighted by Gasteiger charge is -2.12. The molecule has 0 aliphatic rings. The lowest BCUT2D eigenvalue weighted by molar-refractivity contribution is -0.112. The second kappa shape index (κ2) is 10.6. The molecule has 0 saturated carbocycles. The van der Waals surface area contributed by atoms with E-state index in [9.17, 15) is 10.1 Å². The Labute approximate surface area is 202 Å². The van der Waals surface area contributed by atoms with Gasteiger partial charge in [0.15, 0.2) is 5.75 Å². The summed E-state index contributed by atoms with van der Waals surface area (Å²) in [6.07, 6.45) is 1.41. The fraction of sp³-hybridized carbons (Fsp3) is 0.120. The number of hydrogen-bond donors (Lipinski definition) is 1. The first-order valence-electron chi connectivity index (χ1n) is 9.63. The van der Waals surface area contributed by atoms with E-state index in [1.807, 2.05) is 44.2 Å². The van der Waals surface area contributed by atoms with Crippen molar-refractivity contribution in [3.05, 3.63) is 97.5 Å². The van der Waals surface area contributed by atoms with Gasteiger partial charge in [-0.25, -0.2) is 0 Å². The fourth-order valence-electron chi connectivity index (χ4n) is 2.99. The van der Waals surface area contributed by atoms with E-state index in [1.54, 1.807) is 30.3 Å². The number of hydrogen-bond acceptors (Lipinski definition) is 3. The molecular weight excluding hydrogens is 467 g/mol. The molecule has 0 unspecified atom stereocenters. The number of aryl methyl sites for hydroxylation is 2. The van der Waals surface area contributed by atoms with Crippen LogP contribution in [0.15, 0.2) is 60.2 Å². The number of nitrogens with zero attached hydrogens (tertiary/aromatic N) is 1. The predicted octanol–water partition coefficient (Wildman–Crippen LogP) is 7.39. The van der Waals surface area contributed by atoms with Gasteiger partial charge in [-0.05, 0) is 60.9 Å². The van der Waals surface area contributed by atoms with Gasteiger partial charge < -0.3 is 10.1 Å². The Balaban J connectivity index is 1.79. The highest BCUT2D eigenvalue weighted by Crippen LogP contribution is 2.35. The van der Waals surface area contributed by atoms with Crippen LogP contribution in [0.5, 0.6) is 5.75 Å². The SMILES string of the molecule is Cc1cccc(COc2c(Cl)cc(/C=C(\C#N)C(=O)Nc3cc(Cl)ccc3C)cc2Cl)c1. The maximum Gasteiger partial charge on any atom is 0.266 e. The van der Waals surface area contributed by atoms with Crippen molar-refractivity contribution < 1.29 is 9.53 Å². The third-order valence-corrected chi connectivity index (χ3v) is 5.41. The third-order valence-electron chi connectivity index (χ3n) is 4.61. The number of amides is 1.